The number of carboxylic acid groups (broad SMARTS) is 1. The molecular weight excluding hydrogens is 352 g/mol. The third-order valence-corrected chi connectivity index (χ3v) is 6.18. The molecule has 1 heterocycles. The fourth-order valence-electron chi connectivity index (χ4n) is 4.35. The van der Waals surface area contributed by atoms with Crippen LogP contribution < -0.4 is 10.1 Å². The average molecular weight is 385 g/mol. The number of aromatic nitrogens is 1. The lowest BCUT2D eigenvalue weighted by molar-refractivity contribution is 0.0694. The van der Waals surface area contributed by atoms with E-state index in [0.717, 1.165) is 34.2 Å². The molecule has 1 aliphatic rings. The van der Waals surface area contributed by atoms with Crippen LogP contribution in [0.3, 0.4) is 0 Å². The zero-order valence-corrected chi connectivity index (χ0v) is 17.4. The van der Waals surface area contributed by atoms with Gasteiger partial charge in [0.25, 0.3) is 0 Å². The lowest BCUT2D eigenvalue weighted by Gasteiger charge is -2.27. The summed E-state index contributed by atoms with van der Waals surface area (Å²) in [4.78, 5) is 12.0. The van der Waals surface area contributed by atoms with Gasteiger partial charge in [0.2, 0.25) is 0 Å². The van der Waals surface area contributed by atoms with E-state index in [9.17, 15) is 9.90 Å². The molecule has 5 heteroatoms. The molecule has 2 aromatic rings. The number of nitrogens with zero attached hydrogens (tertiary/aromatic N) is 1. The number of hydrogen-bond donors (Lipinski definition) is 2. The molecule has 3 rings (SSSR count). The predicted octanol–water partition coefficient (Wildman–Crippen LogP) is 4.53. The number of carboxylic acids is 1. The Balaban J connectivity index is 1.83. The maximum atomic E-state index is 12.0. The first-order valence-electron chi connectivity index (χ1n) is 10.2. The van der Waals surface area contributed by atoms with E-state index in [4.69, 9.17) is 4.74 Å². The standard InChI is InChI=1S/C23H32N2O3/c1-15-8-10-19(11-9-15)24-13-21-16(2)25(17(3)22(21)23(26)27)14-18-6-5-7-20(12-18)28-4/h5-7,12,15,19,24H,8-11,13-14H2,1-4H3,(H,26,27). The minimum atomic E-state index is -0.848. The Labute approximate surface area is 167 Å². The number of carbonyl (C=O) groups is 1. The third-order valence-electron chi connectivity index (χ3n) is 6.18. The van der Waals surface area contributed by atoms with E-state index in [-0.39, 0.29) is 0 Å². The molecule has 5 nitrogen and oxygen atoms in total. The van der Waals surface area contributed by atoms with Crippen LogP contribution in [-0.2, 0) is 13.1 Å². The van der Waals surface area contributed by atoms with Crippen LogP contribution in [0.25, 0.3) is 0 Å². The summed E-state index contributed by atoms with van der Waals surface area (Å²) in [6.45, 7) is 7.49. The second-order valence-corrected chi connectivity index (χ2v) is 8.10. The van der Waals surface area contributed by atoms with Crippen molar-refractivity contribution in [1.29, 1.82) is 0 Å². The summed E-state index contributed by atoms with van der Waals surface area (Å²) in [5.74, 6) is 0.770. The smallest absolute Gasteiger partial charge is 0.337 e. The Morgan fingerprint density at radius 2 is 1.93 bits per heavy atom. The minimum Gasteiger partial charge on any atom is -0.497 e. The number of hydrogen-bond acceptors (Lipinski definition) is 3. The average Bonchev–Trinajstić information content (AvgIpc) is 2.92. The quantitative estimate of drug-likeness (QED) is 0.736. The number of benzene rings is 1. The van der Waals surface area contributed by atoms with Crippen LogP contribution >= 0.6 is 0 Å². The van der Waals surface area contributed by atoms with Crippen LogP contribution in [0, 0.1) is 19.8 Å². The zero-order chi connectivity index (χ0) is 20.3. The van der Waals surface area contributed by atoms with Crippen molar-refractivity contribution in [3.05, 3.63) is 52.3 Å². The van der Waals surface area contributed by atoms with Gasteiger partial charge in [-0.3, -0.25) is 0 Å². The first-order chi connectivity index (χ1) is 13.4. The molecule has 1 saturated carbocycles. The highest BCUT2D eigenvalue weighted by Crippen LogP contribution is 2.27. The number of aromatic carboxylic acids is 1. The van der Waals surface area contributed by atoms with E-state index < -0.39 is 5.97 Å². The van der Waals surface area contributed by atoms with Crippen molar-refractivity contribution in [2.24, 2.45) is 5.92 Å². The molecule has 1 aromatic heterocycles. The summed E-state index contributed by atoms with van der Waals surface area (Å²) >= 11 is 0. The predicted molar refractivity (Wildman–Crippen MR) is 111 cm³/mol. The van der Waals surface area contributed by atoms with Crippen molar-refractivity contribution in [2.75, 3.05) is 7.11 Å². The second-order valence-electron chi connectivity index (χ2n) is 8.10. The number of rotatable bonds is 7. The SMILES string of the molecule is COc1cccc(Cn2c(C)c(CNC3CCC(C)CC3)c(C(=O)O)c2C)c1. The van der Waals surface area contributed by atoms with Gasteiger partial charge in [0.1, 0.15) is 5.75 Å². The van der Waals surface area contributed by atoms with Gasteiger partial charge >= 0.3 is 5.97 Å². The van der Waals surface area contributed by atoms with Crippen LogP contribution in [0.2, 0.25) is 0 Å². The summed E-state index contributed by atoms with van der Waals surface area (Å²) in [6.07, 6.45) is 4.84. The molecule has 0 aliphatic heterocycles. The van der Waals surface area contributed by atoms with Gasteiger partial charge in [-0.2, -0.15) is 0 Å². The molecule has 0 spiro atoms. The lowest BCUT2D eigenvalue weighted by Crippen LogP contribution is -2.32. The molecule has 28 heavy (non-hydrogen) atoms. The Bertz CT molecular complexity index is 833. The highest BCUT2D eigenvalue weighted by Gasteiger charge is 2.24. The van der Waals surface area contributed by atoms with Crippen molar-refractivity contribution in [3.63, 3.8) is 0 Å². The molecule has 1 aliphatic carbocycles. The van der Waals surface area contributed by atoms with Gasteiger partial charge < -0.3 is 19.7 Å². The fourth-order valence-corrected chi connectivity index (χ4v) is 4.35. The van der Waals surface area contributed by atoms with Gasteiger partial charge in [0.15, 0.2) is 0 Å². The van der Waals surface area contributed by atoms with Gasteiger partial charge in [0.05, 0.1) is 12.7 Å². The molecule has 1 fully saturated rings. The Morgan fingerprint density at radius 1 is 1.21 bits per heavy atom. The van der Waals surface area contributed by atoms with Crippen LogP contribution in [0.15, 0.2) is 24.3 Å². The van der Waals surface area contributed by atoms with Crippen LogP contribution in [0.5, 0.6) is 5.75 Å². The summed E-state index contributed by atoms with van der Waals surface area (Å²) in [5, 5.41) is 13.5. The van der Waals surface area contributed by atoms with Gasteiger partial charge in [0, 0.05) is 36.1 Å². The molecule has 152 valence electrons. The van der Waals surface area contributed by atoms with Crippen molar-refractivity contribution < 1.29 is 14.6 Å². The van der Waals surface area contributed by atoms with Gasteiger partial charge in [-0.1, -0.05) is 19.1 Å². The van der Waals surface area contributed by atoms with Crippen LogP contribution in [0.4, 0.5) is 0 Å². The molecule has 0 unspecified atom stereocenters. The van der Waals surface area contributed by atoms with Gasteiger partial charge in [-0.25, -0.2) is 4.79 Å². The lowest BCUT2D eigenvalue weighted by atomic mass is 9.87. The van der Waals surface area contributed by atoms with Gasteiger partial charge in [-0.15, -0.1) is 0 Å². The molecule has 2 N–H and O–H groups in total. The highest BCUT2D eigenvalue weighted by molar-refractivity contribution is 5.91. The largest absolute Gasteiger partial charge is 0.497 e. The second kappa shape index (κ2) is 8.82. The van der Waals surface area contributed by atoms with E-state index in [1.165, 1.54) is 25.7 Å². The molecule has 1 aromatic carbocycles. The van der Waals surface area contributed by atoms with E-state index in [1.54, 1.807) is 7.11 Å². The maximum Gasteiger partial charge on any atom is 0.337 e. The molecule has 0 saturated heterocycles. The van der Waals surface area contributed by atoms with E-state index >= 15 is 0 Å². The first-order valence-corrected chi connectivity index (χ1v) is 10.2. The molecular formula is C23H32N2O3. The van der Waals surface area contributed by atoms with E-state index in [0.29, 0.717) is 24.7 Å². The van der Waals surface area contributed by atoms with Crippen molar-refractivity contribution in [2.45, 2.75) is 65.6 Å². The van der Waals surface area contributed by atoms with Crippen molar-refractivity contribution in [3.8, 4) is 5.75 Å². The molecule has 0 radical (unpaired) electrons. The number of ether oxygens (including phenoxy) is 1. The molecule has 0 bridgehead atoms. The maximum absolute atomic E-state index is 12.0. The fraction of sp³-hybridized carbons (Fsp3) is 0.522. The normalized spacial score (nSPS) is 19.6. The summed E-state index contributed by atoms with van der Waals surface area (Å²) < 4.78 is 7.43. The molecule has 0 atom stereocenters. The van der Waals surface area contributed by atoms with Crippen LogP contribution in [0.1, 0.15) is 65.5 Å². The third kappa shape index (κ3) is 4.41. The van der Waals surface area contributed by atoms with Crippen LogP contribution in [-0.4, -0.2) is 28.8 Å². The zero-order valence-electron chi connectivity index (χ0n) is 17.4. The monoisotopic (exact) mass is 384 g/mol. The van der Waals surface area contributed by atoms with E-state index in [2.05, 4.69) is 16.8 Å². The number of nitrogens with one attached hydrogen (secondary N) is 1. The summed E-state index contributed by atoms with van der Waals surface area (Å²) in [5.41, 5.74) is 4.28. The Morgan fingerprint density at radius 3 is 2.57 bits per heavy atom. The highest BCUT2D eigenvalue weighted by atomic mass is 16.5. The number of methoxy groups -OCH3 is 1. The first kappa shape index (κ1) is 20.5. The van der Waals surface area contributed by atoms with Crippen molar-refractivity contribution >= 4 is 5.97 Å². The van der Waals surface area contributed by atoms with Gasteiger partial charge in [-0.05, 0) is 63.1 Å². The Kier molecular flexibility index (Phi) is 6.45. The molecule has 0 amide bonds. The van der Waals surface area contributed by atoms with Crippen molar-refractivity contribution in [1.82, 2.24) is 9.88 Å². The summed E-state index contributed by atoms with van der Waals surface area (Å²) in [7, 11) is 1.66. The summed E-state index contributed by atoms with van der Waals surface area (Å²) in [6, 6.07) is 8.41. The van der Waals surface area contributed by atoms with E-state index in [1.807, 2.05) is 38.1 Å². The Hall–Kier alpha value is -2.27. The minimum absolute atomic E-state index is 0.442. The topological polar surface area (TPSA) is 63.5 Å².